The number of hydrogen-bond donors (Lipinski definition) is 1. The van der Waals surface area contributed by atoms with Gasteiger partial charge >= 0.3 is 6.18 Å². The first-order valence-electron chi connectivity index (χ1n) is 13.4. The number of benzene rings is 1. The van der Waals surface area contributed by atoms with Crippen molar-refractivity contribution in [2.45, 2.75) is 82.4 Å². The summed E-state index contributed by atoms with van der Waals surface area (Å²) in [5, 5.41) is 4.12. The van der Waals surface area contributed by atoms with Crippen molar-refractivity contribution in [3.8, 4) is 5.75 Å². The van der Waals surface area contributed by atoms with Crippen molar-refractivity contribution >= 4 is 17.3 Å². The lowest BCUT2D eigenvalue weighted by molar-refractivity contribution is -0.146. The first-order chi connectivity index (χ1) is 18.0. The fourth-order valence-electron chi connectivity index (χ4n) is 4.54. The summed E-state index contributed by atoms with van der Waals surface area (Å²) in [6.45, 7) is 6.64. The van der Waals surface area contributed by atoms with Gasteiger partial charge in [0, 0.05) is 23.8 Å². The maximum Gasteiger partial charge on any atom is 0.433 e. The molecule has 0 spiro atoms. The van der Waals surface area contributed by atoms with Crippen molar-refractivity contribution in [2.75, 3.05) is 13.6 Å². The minimum absolute atomic E-state index is 0.0217. The highest BCUT2D eigenvalue weighted by molar-refractivity contribution is 7.90. The van der Waals surface area contributed by atoms with Gasteiger partial charge in [0.05, 0.1) is 28.9 Å². The van der Waals surface area contributed by atoms with Crippen LogP contribution in [0, 0.1) is 6.92 Å². The van der Waals surface area contributed by atoms with E-state index in [2.05, 4.69) is 9.82 Å². The zero-order valence-corrected chi connectivity index (χ0v) is 21.5. The number of amides is 1. The molecule has 1 aliphatic heterocycles. The quantitative estimate of drug-likeness (QED) is 0.535. The van der Waals surface area contributed by atoms with Crippen molar-refractivity contribution in [3.63, 3.8) is 0 Å². The van der Waals surface area contributed by atoms with E-state index in [1.165, 1.54) is 11.0 Å². The Kier molecular flexibility index (Phi) is 6.31. The second-order valence-electron chi connectivity index (χ2n) is 10.4. The molecule has 1 unspecified atom stereocenters. The first-order valence-corrected chi connectivity index (χ1v) is 13.0. The van der Waals surface area contributed by atoms with E-state index in [1.807, 2.05) is 0 Å². The maximum atomic E-state index is 13.8. The van der Waals surface area contributed by atoms with Crippen LogP contribution in [-0.4, -0.2) is 49.5 Å². The van der Waals surface area contributed by atoms with Gasteiger partial charge in [0.1, 0.15) is 22.7 Å². The molecule has 2 fully saturated rings. The summed E-state index contributed by atoms with van der Waals surface area (Å²) in [5.41, 5.74) is 0.388. The molecule has 1 saturated carbocycles. The number of rotatable bonds is 7. The molecule has 11 heteroatoms. The van der Waals surface area contributed by atoms with Crippen molar-refractivity contribution < 1.29 is 31.4 Å². The van der Waals surface area contributed by atoms with Crippen molar-refractivity contribution in [1.29, 1.82) is 0 Å². The predicted octanol–water partition coefficient (Wildman–Crippen LogP) is 4.49. The largest absolute Gasteiger partial charge is 0.598 e. The molecule has 36 heavy (non-hydrogen) atoms. The molecule has 0 radical (unpaired) electrons. The van der Waals surface area contributed by atoms with Crippen molar-refractivity contribution in [3.05, 3.63) is 46.8 Å². The fourth-order valence-corrected chi connectivity index (χ4v) is 5.42. The van der Waals surface area contributed by atoms with Gasteiger partial charge in [0.2, 0.25) is 5.91 Å². The van der Waals surface area contributed by atoms with Crippen LogP contribution in [0.3, 0.4) is 0 Å². The van der Waals surface area contributed by atoms with Crippen LogP contribution in [0.25, 0.3) is 0 Å². The van der Waals surface area contributed by atoms with Gasteiger partial charge < -0.3 is 14.2 Å². The van der Waals surface area contributed by atoms with E-state index in [1.54, 1.807) is 39.8 Å². The van der Waals surface area contributed by atoms with Crippen LogP contribution in [0.1, 0.15) is 78.6 Å². The summed E-state index contributed by atoms with van der Waals surface area (Å²) in [6.07, 6.45) is -2.75. The molecular formula is C25H33F3N4O3S. The molecule has 1 aliphatic carbocycles. The van der Waals surface area contributed by atoms with E-state index in [-0.39, 0.29) is 18.2 Å². The van der Waals surface area contributed by atoms with E-state index in [4.69, 9.17) is 8.85 Å². The SMILES string of the molecule is [2H]C([2H])([2H])Oc1cccc([C@@H]2[C@H](N[S+]([O-])C(C)(C)C)CCN2C(=O)Cn2nc(C3CC3)cc2C(F)(F)F)c1C. The van der Waals surface area contributed by atoms with Gasteiger partial charge in [-0.2, -0.15) is 18.3 Å². The summed E-state index contributed by atoms with van der Waals surface area (Å²) >= 11 is -1.50. The lowest BCUT2D eigenvalue weighted by atomic mass is 9.95. The van der Waals surface area contributed by atoms with Gasteiger partial charge in [-0.1, -0.05) is 12.1 Å². The summed E-state index contributed by atoms with van der Waals surface area (Å²) in [7, 11) is -2.70. The monoisotopic (exact) mass is 529 g/mol. The molecule has 2 aliphatic rings. The highest BCUT2D eigenvalue weighted by Gasteiger charge is 2.44. The molecule has 4 rings (SSSR count). The van der Waals surface area contributed by atoms with Crippen LogP contribution < -0.4 is 9.46 Å². The standard InChI is InChI=1S/C25H33F3N4O3S/c1-15-17(7-6-8-20(15)35-5)23-18(30-36(34)24(2,3)4)11-12-31(23)22(33)14-32-21(25(26,27)28)13-19(29-32)16-9-10-16/h6-8,13,16,18,23,30H,9-12,14H2,1-5H3/t18-,23-,36?/m1/s1/i5D3. The Hall–Kier alpha value is -2.24. The summed E-state index contributed by atoms with van der Waals surface area (Å²) in [4.78, 5) is 15.1. The van der Waals surface area contributed by atoms with Gasteiger partial charge in [-0.05, 0) is 70.2 Å². The smallest absolute Gasteiger partial charge is 0.433 e. The molecule has 7 nitrogen and oxygen atoms in total. The number of carbonyl (C=O) groups is 1. The number of halogens is 3. The zero-order valence-electron chi connectivity index (χ0n) is 23.7. The van der Waals surface area contributed by atoms with Crippen LogP contribution in [0.15, 0.2) is 24.3 Å². The highest BCUT2D eigenvalue weighted by atomic mass is 32.2. The van der Waals surface area contributed by atoms with Gasteiger partial charge in [0.15, 0.2) is 0 Å². The Labute approximate surface area is 216 Å². The Morgan fingerprint density at radius 2 is 2.03 bits per heavy atom. The van der Waals surface area contributed by atoms with E-state index in [0.29, 0.717) is 23.2 Å². The van der Waals surface area contributed by atoms with Gasteiger partial charge in [-0.15, -0.1) is 4.72 Å². The van der Waals surface area contributed by atoms with Crippen LogP contribution in [-0.2, 0) is 28.9 Å². The number of alkyl halides is 3. The molecular weight excluding hydrogens is 493 g/mol. The first kappa shape index (κ1) is 22.9. The second-order valence-corrected chi connectivity index (χ2v) is 12.4. The van der Waals surface area contributed by atoms with Crippen LogP contribution in [0.5, 0.6) is 5.75 Å². The Morgan fingerprint density at radius 1 is 1.31 bits per heavy atom. The molecule has 1 amide bonds. The average Bonchev–Trinajstić information content (AvgIpc) is 3.42. The predicted molar refractivity (Wildman–Crippen MR) is 131 cm³/mol. The Balaban J connectivity index is 1.68. The molecule has 2 aromatic rings. The third-order valence-corrected chi connectivity index (χ3v) is 8.29. The maximum absolute atomic E-state index is 13.8. The number of aromatic nitrogens is 2. The number of carbonyl (C=O) groups excluding carboxylic acids is 1. The molecule has 1 aromatic carbocycles. The highest BCUT2D eigenvalue weighted by Crippen LogP contribution is 2.42. The van der Waals surface area contributed by atoms with Gasteiger partial charge in [0.25, 0.3) is 0 Å². The van der Waals surface area contributed by atoms with E-state index < -0.39 is 59.6 Å². The van der Waals surface area contributed by atoms with Crippen molar-refractivity contribution in [2.24, 2.45) is 0 Å². The van der Waals surface area contributed by atoms with Crippen molar-refractivity contribution in [1.82, 2.24) is 19.4 Å². The molecule has 1 saturated heterocycles. The van der Waals surface area contributed by atoms with Gasteiger partial charge in [-0.3, -0.25) is 9.48 Å². The molecule has 0 bridgehead atoms. The zero-order chi connectivity index (χ0) is 28.9. The topological polar surface area (TPSA) is 82.5 Å². The fraction of sp³-hybridized carbons (Fsp3) is 0.600. The van der Waals surface area contributed by atoms with Crippen LogP contribution in [0.4, 0.5) is 13.2 Å². The van der Waals surface area contributed by atoms with Crippen LogP contribution in [0.2, 0.25) is 0 Å². The average molecular weight is 530 g/mol. The number of likely N-dealkylation sites (tertiary alicyclic amines) is 1. The minimum Gasteiger partial charge on any atom is -0.598 e. The molecule has 1 aromatic heterocycles. The minimum atomic E-state index is -4.67. The number of ether oxygens (including phenoxy) is 1. The summed E-state index contributed by atoms with van der Waals surface area (Å²) < 4.78 is 85.1. The normalized spacial score (nSPS) is 23.2. The Morgan fingerprint density at radius 3 is 2.64 bits per heavy atom. The Bertz CT molecular complexity index is 1210. The van der Waals surface area contributed by atoms with E-state index >= 15 is 0 Å². The van der Waals surface area contributed by atoms with E-state index in [0.717, 1.165) is 23.6 Å². The molecule has 1 N–H and O–H groups in total. The number of hydrogen-bond acceptors (Lipinski definition) is 5. The van der Waals surface area contributed by atoms with E-state index in [9.17, 15) is 22.5 Å². The lowest BCUT2D eigenvalue weighted by Gasteiger charge is -2.33. The lowest BCUT2D eigenvalue weighted by Crippen LogP contribution is -2.47. The molecule has 2 heterocycles. The number of methoxy groups -OCH3 is 1. The molecule has 3 atom stereocenters. The van der Waals surface area contributed by atoms with Gasteiger partial charge in [-0.25, -0.2) is 0 Å². The second kappa shape index (κ2) is 9.90. The summed E-state index contributed by atoms with van der Waals surface area (Å²) in [6, 6.07) is 4.60. The van der Waals surface area contributed by atoms with Crippen LogP contribution >= 0.6 is 0 Å². The third-order valence-electron chi connectivity index (χ3n) is 6.66. The summed E-state index contributed by atoms with van der Waals surface area (Å²) in [5.74, 6) is -0.502. The number of nitrogens with zero attached hydrogens (tertiary/aromatic N) is 3. The third kappa shape index (κ3) is 5.52. The number of nitrogens with one attached hydrogen (secondary N) is 1. The molecule has 198 valence electrons.